The molecule has 2 aromatic heterocycles. The van der Waals surface area contributed by atoms with E-state index >= 15 is 0 Å². The van der Waals surface area contributed by atoms with Gasteiger partial charge in [0.2, 0.25) is 0 Å². The number of carbonyl (C=O) groups is 2. The number of benzene rings is 4. The van der Waals surface area contributed by atoms with Crippen molar-refractivity contribution in [1.82, 2.24) is 9.97 Å². The smallest absolute Gasteiger partial charge is 0.194 e. The van der Waals surface area contributed by atoms with Gasteiger partial charge >= 0.3 is 0 Å². The first kappa shape index (κ1) is 34.7. The van der Waals surface area contributed by atoms with E-state index in [2.05, 4.69) is 19.4 Å². The monoisotopic (exact) mass is 708 g/mol. The lowest BCUT2D eigenvalue weighted by Crippen LogP contribution is -2.04. The van der Waals surface area contributed by atoms with E-state index < -0.39 is 0 Å². The van der Waals surface area contributed by atoms with Gasteiger partial charge in [0.15, 0.2) is 11.6 Å². The highest BCUT2D eigenvalue weighted by Gasteiger charge is 2.16. The zero-order chi connectivity index (χ0) is 33.9. The maximum Gasteiger partial charge on any atom is 0.194 e. The minimum atomic E-state index is -0.0627. The minimum absolute atomic E-state index is 0.0586. The Morgan fingerprint density at radius 3 is 1.54 bits per heavy atom. The summed E-state index contributed by atoms with van der Waals surface area (Å²) in [7, 11) is 0. The number of hydrogen-bond acceptors (Lipinski definition) is 8. The van der Waals surface area contributed by atoms with Gasteiger partial charge in [0.1, 0.15) is 5.82 Å². The first-order valence-corrected chi connectivity index (χ1v) is 17.2. The number of carbonyl (C=O) groups excluding carboxylic acids is 2. The zero-order valence-corrected chi connectivity index (χ0v) is 29.1. The Morgan fingerprint density at radius 1 is 0.562 bits per heavy atom. The highest BCUT2D eigenvalue weighted by Crippen LogP contribution is 2.29. The number of halogens is 2. The molecule has 6 nitrogen and oxygen atoms in total. The Bertz CT molecular complexity index is 1880. The van der Waals surface area contributed by atoms with Crippen LogP contribution in [0.5, 0.6) is 0 Å². The number of hydrogen-bond donors (Lipinski definition) is 2. The second-order valence-electron chi connectivity index (χ2n) is 10.4. The molecule has 6 rings (SSSR count). The topological polar surface area (TPSA) is 84.0 Å². The van der Waals surface area contributed by atoms with Crippen molar-refractivity contribution in [1.29, 1.82) is 0 Å². The predicted octanol–water partition coefficient (Wildman–Crippen LogP) is 10.8. The SMILES string of the molecule is Cc1ccccc1C(=O)c1ccc(SNc2ccccn2)cc1Cl.Cc1ccccc1C(=O)c1ccc(SNc2ccncc2)cc1Cl. The van der Waals surface area contributed by atoms with E-state index in [4.69, 9.17) is 23.2 Å². The van der Waals surface area contributed by atoms with Gasteiger partial charge < -0.3 is 9.44 Å². The molecule has 0 aliphatic carbocycles. The molecule has 0 amide bonds. The van der Waals surface area contributed by atoms with Gasteiger partial charge in [0, 0.05) is 56.3 Å². The van der Waals surface area contributed by atoms with Gasteiger partial charge in [-0.1, -0.05) is 77.8 Å². The van der Waals surface area contributed by atoms with Crippen LogP contribution in [0.2, 0.25) is 10.0 Å². The highest BCUT2D eigenvalue weighted by molar-refractivity contribution is 8.00. The number of rotatable bonds is 10. The fourth-order valence-corrected chi connectivity index (χ4v) is 6.51. The predicted molar refractivity (Wildman–Crippen MR) is 200 cm³/mol. The summed E-state index contributed by atoms with van der Waals surface area (Å²) in [6.45, 7) is 3.84. The molecular formula is C38H30Cl2N4O2S2. The fraction of sp³-hybridized carbons (Fsp3) is 0.0526. The van der Waals surface area contributed by atoms with Gasteiger partial charge in [-0.25, -0.2) is 4.98 Å². The Balaban J connectivity index is 0.000000188. The zero-order valence-electron chi connectivity index (χ0n) is 26.0. The summed E-state index contributed by atoms with van der Waals surface area (Å²) in [6, 6.07) is 35.3. The van der Waals surface area contributed by atoms with E-state index in [1.54, 1.807) is 42.9 Å². The third-order valence-electron chi connectivity index (χ3n) is 7.06. The largest absolute Gasteiger partial charge is 0.326 e. The Kier molecular flexibility index (Phi) is 12.3. The van der Waals surface area contributed by atoms with E-state index in [0.717, 1.165) is 32.4 Å². The fourth-order valence-electron chi connectivity index (χ4n) is 4.50. The molecule has 6 aromatic rings. The molecule has 0 radical (unpaired) electrons. The van der Waals surface area contributed by atoms with Crippen LogP contribution in [0.4, 0.5) is 11.5 Å². The summed E-state index contributed by atoms with van der Waals surface area (Å²) in [5, 5.41) is 0.890. The molecule has 2 N–H and O–H groups in total. The quantitative estimate of drug-likeness (QED) is 0.107. The highest BCUT2D eigenvalue weighted by atomic mass is 35.5. The number of aryl methyl sites for hydroxylation is 2. The van der Waals surface area contributed by atoms with Crippen molar-refractivity contribution in [3.63, 3.8) is 0 Å². The molecule has 0 fully saturated rings. The van der Waals surface area contributed by atoms with E-state index in [1.807, 2.05) is 105 Å². The van der Waals surface area contributed by atoms with E-state index in [-0.39, 0.29) is 11.6 Å². The Hall–Kier alpha value is -4.60. The van der Waals surface area contributed by atoms with Crippen molar-refractivity contribution >= 4 is 70.2 Å². The van der Waals surface area contributed by atoms with Gasteiger partial charge in [-0.3, -0.25) is 14.6 Å². The molecule has 2 heterocycles. The third kappa shape index (κ3) is 9.27. The van der Waals surface area contributed by atoms with E-state index in [9.17, 15) is 9.59 Å². The maximum absolute atomic E-state index is 12.7. The van der Waals surface area contributed by atoms with Gasteiger partial charge in [-0.05, 0) is 110 Å². The van der Waals surface area contributed by atoms with Crippen LogP contribution in [0.3, 0.4) is 0 Å². The summed E-state index contributed by atoms with van der Waals surface area (Å²) < 4.78 is 6.35. The summed E-state index contributed by atoms with van der Waals surface area (Å²) in [6.07, 6.45) is 5.17. The van der Waals surface area contributed by atoms with Crippen LogP contribution in [0.25, 0.3) is 0 Å². The lowest BCUT2D eigenvalue weighted by Gasteiger charge is -2.09. The molecule has 0 bridgehead atoms. The molecule has 0 saturated heterocycles. The van der Waals surface area contributed by atoms with Crippen LogP contribution in [0.15, 0.2) is 144 Å². The second kappa shape index (κ2) is 17.0. The molecule has 0 saturated carbocycles. The van der Waals surface area contributed by atoms with Crippen LogP contribution in [0, 0.1) is 13.8 Å². The average molecular weight is 710 g/mol. The summed E-state index contributed by atoms with van der Waals surface area (Å²) in [4.78, 5) is 35.3. The van der Waals surface area contributed by atoms with Crippen molar-refractivity contribution in [2.45, 2.75) is 23.6 Å². The van der Waals surface area contributed by atoms with Crippen LogP contribution in [-0.4, -0.2) is 21.5 Å². The molecule has 10 heteroatoms. The first-order valence-electron chi connectivity index (χ1n) is 14.8. The lowest BCUT2D eigenvalue weighted by atomic mass is 9.99. The molecule has 0 aliphatic heterocycles. The average Bonchev–Trinajstić information content (AvgIpc) is 3.11. The number of ketones is 2. The van der Waals surface area contributed by atoms with Gasteiger partial charge in [-0.15, -0.1) is 0 Å². The molecule has 4 aromatic carbocycles. The Morgan fingerprint density at radius 2 is 1.06 bits per heavy atom. The minimum Gasteiger partial charge on any atom is -0.326 e. The van der Waals surface area contributed by atoms with Crippen molar-refractivity contribution in [3.05, 3.63) is 177 Å². The molecule has 0 atom stereocenters. The van der Waals surface area contributed by atoms with Crippen LogP contribution < -0.4 is 9.44 Å². The molecule has 240 valence electrons. The van der Waals surface area contributed by atoms with E-state index in [0.29, 0.717) is 32.3 Å². The molecule has 0 spiro atoms. The number of nitrogens with zero attached hydrogens (tertiary/aromatic N) is 2. The van der Waals surface area contributed by atoms with Gasteiger partial charge in [-0.2, -0.15) is 0 Å². The third-order valence-corrected chi connectivity index (χ3v) is 9.31. The van der Waals surface area contributed by atoms with Gasteiger partial charge in [0.25, 0.3) is 0 Å². The van der Waals surface area contributed by atoms with E-state index in [1.165, 1.54) is 23.9 Å². The second-order valence-corrected chi connectivity index (χ2v) is 13.0. The molecule has 0 unspecified atom stereocenters. The standard InChI is InChI=1S/2C19H15ClN2OS/c1-13-6-2-3-7-15(13)19(23)16-10-9-14(12-17(16)20)24-22-18-8-4-5-11-21-18;1-13-4-2-3-5-16(13)19(23)17-7-6-15(12-18(17)20)24-22-14-8-10-21-11-9-14/h2*2-12H,1H3,(H,21,22). The van der Waals surface area contributed by atoms with Crippen LogP contribution in [-0.2, 0) is 0 Å². The van der Waals surface area contributed by atoms with Crippen molar-refractivity contribution in [3.8, 4) is 0 Å². The normalized spacial score (nSPS) is 10.4. The van der Waals surface area contributed by atoms with Crippen LogP contribution >= 0.6 is 47.1 Å². The summed E-state index contributed by atoms with van der Waals surface area (Å²) in [5.74, 6) is 0.641. The lowest BCUT2D eigenvalue weighted by molar-refractivity contribution is 0.103. The number of nitrogens with one attached hydrogen (secondary N) is 2. The van der Waals surface area contributed by atoms with Gasteiger partial charge in [0.05, 0.1) is 10.0 Å². The number of aromatic nitrogens is 2. The van der Waals surface area contributed by atoms with Crippen molar-refractivity contribution in [2.24, 2.45) is 0 Å². The van der Waals surface area contributed by atoms with Crippen LogP contribution in [0.1, 0.15) is 43.0 Å². The summed E-state index contributed by atoms with van der Waals surface area (Å²) in [5.41, 5.74) is 5.20. The first-order chi connectivity index (χ1) is 23.3. The maximum atomic E-state index is 12.7. The molecule has 0 aliphatic rings. The molecule has 48 heavy (non-hydrogen) atoms. The molecular weight excluding hydrogens is 679 g/mol. The number of pyridine rings is 2. The van der Waals surface area contributed by atoms with Crippen molar-refractivity contribution in [2.75, 3.05) is 9.44 Å². The Labute approximate surface area is 298 Å². The number of anilines is 2. The summed E-state index contributed by atoms with van der Waals surface area (Å²) >= 11 is 15.5. The van der Waals surface area contributed by atoms with Crippen molar-refractivity contribution < 1.29 is 9.59 Å².